The molecule has 1 amide bonds. The molecule has 1 aliphatic heterocycles. The minimum atomic E-state index is 0.0408. The predicted octanol–water partition coefficient (Wildman–Crippen LogP) is 3.04. The molecule has 1 aromatic rings. The van der Waals surface area contributed by atoms with Gasteiger partial charge in [0.05, 0.1) is 0 Å². The molecule has 1 heterocycles. The van der Waals surface area contributed by atoms with Crippen LogP contribution in [0.5, 0.6) is 0 Å². The number of nitrogens with one attached hydrogen (secondary N) is 2. The number of hydrogen-bond donors (Lipinski definition) is 2. The van der Waals surface area contributed by atoms with Crippen molar-refractivity contribution in [1.29, 1.82) is 0 Å². The molecule has 2 N–H and O–H groups in total. The van der Waals surface area contributed by atoms with Crippen molar-refractivity contribution in [2.75, 3.05) is 37.6 Å². The van der Waals surface area contributed by atoms with Gasteiger partial charge in [-0.2, -0.15) is 0 Å². The van der Waals surface area contributed by atoms with Crippen LogP contribution in [0.1, 0.15) is 49.9 Å². The molecule has 1 aliphatic rings. The van der Waals surface area contributed by atoms with Gasteiger partial charge in [-0.3, -0.25) is 4.79 Å². The first-order valence-electron chi connectivity index (χ1n) is 9.08. The molecule has 0 aromatic heterocycles. The normalized spacial score (nSPS) is 17.2. The molecule has 4 heteroatoms. The fourth-order valence-electron chi connectivity index (χ4n) is 3.10. The standard InChI is InChI=1S/C19H31N3O/c1-3-5-14-22(4-2)18-8-6-17(7-9-18)19(23)21-13-11-16-10-12-20-15-16/h6-9,16,20H,3-5,10-15H2,1-2H3,(H,21,23). The Balaban J connectivity index is 1.81. The highest BCUT2D eigenvalue weighted by atomic mass is 16.1. The van der Waals surface area contributed by atoms with Crippen LogP contribution in [-0.4, -0.2) is 38.6 Å². The van der Waals surface area contributed by atoms with Gasteiger partial charge in [0.1, 0.15) is 0 Å². The first-order chi connectivity index (χ1) is 11.2. The Morgan fingerprint density at radius 2 is 2.09 bits per heavy atom. The molecule has 1 atom stereocenters. The largest absolute Gasteiger partial charge is 0.372 e. The Hall–Kier alpha value is -1.55. The summed E-state index contributed by atoms with van der Waals surface area (Å²) in [5.74, 6) is 0.758. The average molecular weight is 317 g/mol. The molecular weight excluding hydrogens is 286 g/mol. The van der Waals surface area contributed by atoms with Gasteiger partial charge in [-0.1, -0.05) is 13.3 Å². The van der Waals surface area contributed by atoms with Crippen molar-refractivity contribution in [3.8, 4) is 0 Å². The Morgan fingerprint density at radius 3 is 2.70 bits per heavy atom. The maximum atomic E-state index is 12.2. The van der Waals surface area contributed by atoms with E-state index in [2.05, 4.69) is 41.5 Å². The third kappa shape index (κ3) is 5.54. The smallest absolute Gasteiger partial charge is 0.251 e. The van der Waals surface area contributed by atoms with E-state index in [9.17, 15) is 4.79 Å². The molecule has 0 spiro atoms. The lowest BCUT2D eigenvalue weighted by Crippen LogP contribution is -2.27. The Morgan fingerprint density at radius 1 is 1.30 bits per heavy atom. The third-order valence-electron chi connectivity index (χ3n) is 4.66. The van der Waals surface area contributed by atoms with Crippen LogP contribution in [0.3, 0.4) is 0 Å². The van der Waals surface area contributed by atoms with Gasteiger partial charge in [-0.25, -0.2) is 0 Å². The highest BCUT2D eigenvalue weighted by Crippen LogP contribution is 2.16. The van der Waals surface area contributed by atoms with Crippen molar-refractivity contribution in [1.82, 2.24) is 10.6 Å². The van der Waals surface area contributed by atoms with Crippen LogP contribution in [0.25, 0.3) is 0 Å². The van der Waals surface area contributed by atoms with E-state index in [1.807, 2.05) is 12.1 Å². The van der Waals surface area contributed by atoms with E-state index in [-0.39, 0.29) is 5.91 Å². The number of rotatable bonds is 9. The zero-order chi connectivity index (χ0) is 16.5. The summed E-state index contributed by atoms with van der Waals surface area (Å²) in [6.07, 6.45) is 4.70. The number of benzene rings is 1. The lowest BCUT2D eigenvalue weighted by Gasteiger charge is -2.23. The summed E-state index contributed by atoms with van der Waals surface area (Å²) in [6, 6.07) is 8.01. The minimum absolute atomic E-state index is 0.0408. The molecule has 1 aromatic carbocycles. The maximum Gasteiger partial charge on any atom is 0.251 e. The van der Waals surface area contributed by atoms with E-state index < -0.39 is 0 Å². The SMILES string of the molecule is CCCCN(CC)c1ccc(C(=O)NCCC2CCNC2)cc1. The summed E-state index contributed by atoms with van der Waals surface area (Å²) in [7, 11) is 0. The van der Waals surface area contributed by atoms with Crippen LogP contribution in [0.15, 0.2) is 24.3 Å². The van der Waals surface area contributed by atoms with Gasteiger partial charge < -0.3 is 15.5 Å². The second-order valence-electron chi connectivity index (χ2n) is 6.38. The molecule has 1 fully saturated rings. The van der Waals surface area contributed by atoms with Crippen LogP contribution in [0.4, 0.5) is 5.69 Å². The fraction of sp³-hybridized carbons (Fsp3) is 0.632. The third-order valence-corrected chi connectivity index (χ3v) is 4.66. The zero-order valence-electron chi connectivity index (χ0n) is 14.6. The van der Waals surface area contributed by atoms with Gasteiger partial charge in [-0.15, -0.1) is 0 Å². The van der Waals surface area contributed by atoms with E-state index >= 15 is 0 Å². The van der Waals surface area contributed by atoms with Crippen LogP contribution in [0, 0.1) is 5.92 Å². The molecule has 0 bridgehead atoms. The molecule has 23 heavy (non-hydrogen) atoms. The number of hydrogen-bond acceptors (Lipinski definition) is 3. The first-order valence-corrected chi connectivity index (χ1v) is 9.08. The first kappa shape index (κ1) is 17.8. The van der Waals surface area contributed by atoms with E-state index in [1.54, 1.807) is 0 Å². The molecule has 1 saturated heterocycles. The summed E-state index contributed by atoms with van der Waals surface area (Å²) in [5.41, 5.74) is 1.96. The van der Waals surface area contributed by atoms with Crippen molar-refractivity contribution in [2.45, 2.75) is 39.5 Å². The minimum Gasteiger partial charge on any atom is -0.372 e. The van der Waals surface area contributed by atoms with Gasteiger partial charge in [-0.05, 0) is 69.5 Å². The van der Waals surface area contributed by atoms with E-state index in [4.69, 9.17) is 0 Å². The molecule has 4 nitrogen and oxygen atoms in total. The van der Waals surface area contributed by atoms with Gasteiger partial charge >= 0.3 is 0 Å². The summed E-state index contributed by atoms with van der Waals surface area (Å²) in [6.45, 7) is 9.44. The molecular formula is C19H31N3O. The predicted molar refractivity (Wildman–Crippen MR) is 97.2 cm³/mol. The van der Waals surface area contributed by atoms with Crippen molar-refractivity contribution in [2.24, 2.45) is 5.92 Å². The van der Waals surface area contributed by atoms with E-state index in [0.29, 0.717) is 5.92 Å². The monoisotopic (exact) mass is 317 g/mol. The van der Waals surface area contributed by atoms with Crippen LogP contribution in [0.2, 0.25) is 0 Å². The number of carbonyl (C=O) groups excluding carboxylic acids is 1. The lowest BCUT2D eigenvalue weighted by atomic mass is 10.1. The second kappa shape index (κ2) is 9.56. The molecule has 0 radical (unpaired) electrons. The lowest BCUT2D eigenvalue weighted by molar-refractivity contribution is 0.0951. The molecule has 128 valence electrons. The number of anilines is 1. The van der Waals surface area contributed by atoms with Gasteiger partial charge in [0.2, 0.25) is 0 Å². The second-order valence-corrected chi connectivity index (χ2v) is 6.38. The summed E-state index contributed by atoms with van der Waals surface area (Å²) >= 11 is 0. The van der Waals surface area contributed by atoms with Gasteiger partial charge in [0, 0.05) is 30.9 Å². The Kier molecular flexibility index (Phi) is 7.40. The van der Waals surface area contributed by atoms with Crippen LogP contribution >= 0.6 is 0 Å². The summed E-state index contributed by atoms with van der Waals surface area (Å²) < 4.78 is 0. The number of unbranched alkanes of at least 4 members (excludes halogenated alkanes) is 1. The summed E-state index contributed by atoms with van der Waals surface area (Å²) in [4.78, 5) is 14.6. The van der Waals surface area contributed by atoms with E-state index in [0.717, 1.165) is 44.7 Å². The van der Waals surface area contributed by atoms with Crippen molar-refractivity contribution in [3.63, 3.8) is 0 Å². The van der Waals surface area contributed by atoms with Crippen molar-refractivity contribution in [3.05, 3.63) is 29.8 Å². The van der Waals surface area contributed by atoms with Crippen molar-refractivity contribution < 1.29 is 4.79 Å². The zero-order valence-corrected chi connectivity index (χ0v) is 14.6. The number of amides is 1. The van der Waals surface area contributed by atoms with Crippen molar-refractivity contribution >= 4 is 11.6 Å². The highest BCUT2D eigenvalue weighted by Gasteiger charge is 2.14. The van der Waals surface area contributed by atoms with Crippen LogP contribution in [-0.2, 0) is 0 Å². The summed E-state index contributed by atoms with van der Waals surface area (Å²) in [5, 5.41) is 6.40. The highest BCUT2D eigenvalue weighted by molar-refractivity contribution is 5.94. The van der Waals surface area contributed by atoms with Crippen LogP contribution < -0.4 is 15.5 Å². The number of nitrogens with zero attached hydrogens (tertiary/aromatic N) is 1. The topological polar surface area (TPSA) is 44.4 Å². The molecule has 2 rings (SSSR count). The van der Waals surface area contributed by atoms with Gasteiger partial charge in [0.15, 0.2) is 0 Å². The quantitative estimate of drug-likeness (QED) is 0.736. The molecule has 0 saturated carbocycles. The average Bonchev–Trinajstić information content (AvgIpc) is 3.09. The van der Waals surface area contributed by atoms with E-state index in [1.165, 1.54) is 24.9 Å². The maximum absolute atomic E-state index is 12.2. The fourth-order valence-corrected chi connectivity index (χ4v) is 3.10. The molecule has 0 aliphatic carbocycles. The Bertz CT molecular complexity index is 466. The number of carbonyl (C=O) groups is 1. The van der Waals surface area contributed by atoms with Gasteiger partial charge in [0.25, 0.3) is 5.91 Å². The molecule has 1 unspecified atom stereocenters. The Labute approximate surface area is 140 Å².